The highest BCUT2D eigenvalue weighted by Crippen LogP contribution is 2.26. The second kappa shape index (κ2) is 6.43. The third-order valence-corrected chi connectivity index (χ3v) is 2.97. The molecule has 0 saturated carbocycles. The number of carbonyl (C=O) groups excluding carboxylic acids is 1. The first-order chi connectivity index (χ1) is 10.8. The highest BCUT2D eigenvalue weighted by atomic mass is 19.1. The molecule has 0 saturated heterocycles. The molecule has 0 radical (unpaired) electrons. The maximum atomic E-state index is 13.5. The standard InChI is InChI=1S/C16H10F3NO3/c1-8(21)15-12(16(22)23)4-11(18)6-14(15)20-7-9-2-3-10(17)5-13(9)19/h2-7H,1H3,(H,22,23)/b20-7+. The fourth-order valence-corrected chi connectivity index (χ4v) is 1.98. The molecule has 1 N–H and O–H groups in total. The second-order valence-corrected chi connectivity index (χ2v) is 4.63. The number of hydrogen-bond donors (Lipinski definition) is 1. The van der Waals surface area contributed by atoms with E-state index < -0.39 is 34.8 Å². The predicted octanol–water partition coefficient (Wildman–Crippen LogP) is 3.76. The average molecular weight is 321 g/mol. The second-order valence-electron chi connectivity index (χ2n) is 4.63. The molecule has 0 aliphatic carbocycles. The van der Waals surface area contributed by atoms with Crippen molar-refractivity contribution < 1.29 is 27.9 Å². The lowest BCUT2D eigenvalue weighted by atomic mass is 10.0. The van der Waals surface area contributed by atoms with E-state index in [2.05, 4.69) is 4.99 Å². The molecular weight excluding hydrogens is 311 g/mol. The highest BCUT2D eigenvalue weighted by molar-refractivity contribution is 6.08. The molecular formula is C16H10F3NO3. The Morgan fingerprint density at radius 2 is 1.78 bits per heavy atom. The van der Waals surface area contributed by atoms with Crippen LogP contribution in [0.2, 0.25) is 0 Å². The lowest BCUT2D eigenvalue weighted by molar-refractivity contribution is 0.0692. The van der Waals surface area contributed by atoms with E-state index in [1.807, 2.05) is 0 Å². The molecule has 0 aliphatic rings. The molecule has 0 unspecified atom stereocenters. The monoisotopic (exact) mass is 321 g/mol. The Hall–Kier alpha value is -2.96. The first-order valence-corrected chi connectivity index (χ1v) is 6.36. The Labute approximate surface area is 128 Å². The first-order valence-electron chi connectivity index (χ1n) is 6.36. The van der Waals surface area contributed by atoms with Crippen LogP contribution in [0.1, 0.15) is 33.2 Å². The van der Waals surface area contributed by atoms with E-state index in [9.17, 15) is 22.8 Å². The summed E-state index contributed by atoms with van der Waals surface area (Å²) in [5.74, 6) is -4.69. The first kappa shape index (κ1) is 16.4. The van der Waals surface area contributed by atoms with Gasteiger partial charge in [-0.2, -0.15) is 0 Å². The van der Waals surface area contributed by atoms with Crippen LogP contribution in [0.3, 0.4) is 0 Å². The summed E-state index contributed by atoms with van der Waals surface area (Å²) in [5.41, 5.74) is -1.18. The molecule has 2 aromatic carbocycles. The molecule has 4 nitrogen and oxygen atoms in total. The number of hydrogen-bond acceptors (Lipinski definition) is 3. The maximum Gasteiger partial charge on any atom is 0.336 e. The number of aromatic carboxylic acids is 1. The minimum absolute atomic E-state index is 0.0953. The predicted molar refractivity (Wildman–Crippen MR) is 77.0 cm³/mol. The van der Waals surface area contributed by atoms with Gasteiger partial charge in [-0.15, -0.1) is 0 Å². The molecule has 0 spiro atoms. The van der Waals surface area contributed by atoms with E-state index in [1.165, 1.54) is 0 Å². The third kappa shape index (κ3) is 3.63. The van der Waals surface area contributed by atoms with Gasteiger partial charge in [-0.3, -0.25) is 9.79 Å². The van der Waals surface area contributed by atoms with Gasteiger partial charge in [0.25, 0.3) is 0 Å². The number of carboxylic acids is 1. The van der Waals surface area contributed by atoms with Gasteiger partial charge in [0.1, 0.15) is 17.5 Å². The smallest absolute Gasteiger partial charge is 0.336 e. The number of ketones is 1. The molecule has 0 atom stereocenters. The number of rotatable bonds is 4. The van der Waals surface area contributed by atoms with Crippen LogP contribution in [0.15, 0.2) is 35.3 Å². The van der Waals surface area contributed by atoms with Gasteiger partial charge in [-0.1, -0.05) is 0 Å². The number of halogens is 3. The van der Waals surface area contributed by atoms with Crippen LogP contribution in [-0.4, -0.2) is 23.1 Å². The number of benzene rings is 2. The summed E-state index contributed by atoms with van der Waals surface area (Å²) < 4.78 is 39.9. The fourth-order valence-electron chi connectivity index (χ4n) is 1.98. The molecule has 0 aliphatic heterocycles. The summed E-state index contributed by atoms with van der Waals surface area (Å²) in [6.07, 6.45) is 0.960. The molecule has 23 heavy (non-hydrogen) atoms. The largest absolute Gasteiger partial charge is 0.478 e. The Kier molecular flexibility index (Phi) is 4.59. The topological polar surface area (TPSA) is 66.7 Å². The van der Waals surface area contributed by atoms with Crippen molar-refractivity contribution in [1.82, 2.24) is 0 Å². The average Bonchev–Trinajstić information content (AvgIpc) is 2.45. The molecule has 2 rings (SSSR count). The summed E-state index contributed by atoms with van der Waals surface area (Å²) in [4.78, 5) is 26.5. The Bertz CT molecular complexity index is 832. The number of aliphatic imine (C=N–C) groups is 1. The molecule has 118 valence electrons. The van der Waals surface area contributed by atoms with Crippen LogP contribution in [0, 0.1) is 17.5 Å². The van der Waals surface area contributed by atoms with Gasteiger partial charge in [0, 0.05) is 23.9 Å². The van der Waals surface area contributed by atoms with Crippen molar-refractivity contribution in [3.05, 3.63) is 64.5 Å². The zero-order valence-electron chi connectivity index (χ0n) is 11.8. The van der Waals surface area contributed by atoms with Crippen molar-refractivity contribution in [1.29, 1.82) is 0 Å². The molecule has 0 amide bonds. The van der Waals surface area contributed by atoms with Crippen LogP contribution in [0.4, 0.5) is 18.9 Å². The van der Waals surface area contributed by atoms with Gasteiger partial charge in [-0.05, 0) is 25.1 Å². The number of Topliss-reactive ketones (excluding diaryl/α,β-unsaturated/α-hetero) is 1. The van der Waals surface area contributed by atoms with Gasteiger partial charge in [0.2, 0.25) is 0 Å². The van der Waals surface area contributed by atoms with Crippen molar-refractivity contribution in [2.24, 2.45) is 4.99 Å². The molecule has 0 heterocycles. The SMILES string of the molecule is CC(=O)c1c(/N=C/c2ccc(F)cc2F)cc(F)cc1C(=O)O. The van der Waals surface area contributed by atoms with Crippen molar-refractivity contribution in [2.75, 3.05) is 0 Å². The number of nitrogens with zero attached hydrogens (tertiary/aromatic N) is 1. The van der Waals surface area contributed by atoms with E-state index in [1.54, 1.807) is 0 Å². The zero-order valence-corrected chi connectivity index (χ0v) is 11.8. The Morgan fingerprint density at radius 3 is 2.35 bits per heavy atom. The maximum absolute atomic E-state index is 13.5. The lowest BCUT2D eigenvalue weighted by Crippen LogP contribution is -2.07. The van der Waals surface area contributed by atoms with E-state index in [0.29, 0.717) is 12.1 Å². The van der Waals surface area contributed by atoms with Crippen LogP contribution in [-0.2, 0) is 0 Å². The fraction of sp³-hybridized carbons (Fsp3) is 0.0625. The van der Waals surface area contributed by atoms with Crippen LogP contribution < -0.4 is 0 Å². The summed E-state index contributed by atoms with van der Waals surface area (Å²) in [6.45, 7) is 1.11. The van der Waals surface area contributed by atoms with Gasteiger partial charge < -0.3 is 5.11 Å². The van der Waals surface area contributed by atoms with E-state index in [0.717, 1.165) is 31.3 Å². The normalized spacial score (nSPS) is 11.0. The quantitative estimate of drug-likeness (QED) is 0.689. The minimum atomic E-state index is -1.49. The van der Waals surface area contributed by atoms with Crippen molar-refractivity contribution >= 4 is 23.7 Å². The molecule has 2 aromatic rings. The van der Waals surface area contributed by atoms with Crippen LogP contribution in [0.25, 0.3) is 0 Å². The molecule has 0 bridgehead atoms. The van der Waals surface area contributed by atoms with Crippen LogP contribution >= 0.6 is 0 Å². The summed E-state index contributed by atoms with van der Waals surface area (Å²) in [5, 5.41) is 9.05. The number of carboxylic acid groups (broad SMARTS) is 1. The highest BCUT2D eigenvalue weighted by Gasteiger charge is 2.19. The van der Waals surface area contributed by atoms with Crippen LogP contribution in [0.5, 0.6) is 0 Å². The summed E-state index contributed by atoms with van der Waals surface area (Å²) in [7, 11) is 0. The van der Waals surface area contributed by atoms with E-state index in [4.69, 9.17) is 5.11 Å². The van der Waals surface area contributed by atoms with Crippen molar-refractivity contribution in [2.45, 2.75) is 6.92 Å². The molecule has 0 fully saturated rings. The minimum Gasteiger partial charge on any atom is -0.478 e. The van der Waals surface area contributed by atoms with Gasteiger partial charge in [-0.25, -0.2) is 18.0 Å². The summed E-state index contributed by atoms with van der Waals surface area (Å²) >= 11 is 0. The Balaban J connectivity index is 2.56. The van der Waals surface area contributed by atoms with Gasteiger partial charge in [0.05, 0.1) is 16.8 Å². The van der Waals surface area contributed by atoms with E-state index in [-0.39, 0.29) is 16.8 Å². The third-order valence-electron chi connectivity index (χ3n) is 2.97. The molecule has 0 aromatic heterocycles. The van der Waals surface area contributed by atoms with Crippen molar-refractivity contribution in [3.8, 4) is 0 Å². The Morgan fingerprint density at radius 1 is 1.09 bits per heavy atom. The summed E-state index contributed by atoms with van der Waals surface area (Å²) in [6, 6.07) is 4.32. The number of carbonyl (C=O) groups is 2. The lowest BCUT2D eigenvalue weighted by Gasteiger charge is -2.07. The van der Waals surface area contributed by atoms with Gasteiger partial charge in [0.15, 0.2) is 5.78 Å². The molecule has 7 heteroatoms. The van der Waals surface area contributed by atoms with Gasteiger partial charge >= 0.3 is 5.97 Å². The van der Waals surface area contributed by atoms with Crippen molar-refractivity contribution in [3.63, 3.8) is 0 Å². The zero-order chi connectivity index (χ0) is 17.1. The van der Waals surface area contributed by atoms with E-state index >= 15 is 0 Å².